The maximum Gasteiger partial charge on any atom is 0.273 e. The van der Waals surface area contributed by atoms with Gasteiger partial charge in [-0.15, -0.1) is 0 Å². The number of para-hydroxylation sites is 1. The second-order valence-electron chi connectivity index (χ2n) is 8.67. The second-order valence-corrected chi connectivity index (χ2v) is 8.67. The van der Waals surface area contributed by atoms with Crippen LogP contribution in [0.4, 0.5) is 5.69 Å². The van der Waals surface area contributed by atoms with Crippen LogP contribution in [0.2, 0.25) is 0 Å². The molecule has 0 aromatic heterocycles. The van der Waals surface area contributed by atoms with Crippen molar-refractivity contribution >= 4 is 17.5 Å². The van der Waals surface area contributed by atoms with Crippen molar-refractivity contribution in [1.82, 2.24) is 10.2 Å². The Bertz CT molecular complexity index is 950. The molecule has 0 aliphatic carbocycles. The van der Waals surface area contributed by atoms with Crippen molar-refractivity contribution in [3.63, 3.8) is 0 Å². The first-order valence-electron chi connectivity index (χ1n) is 10.4. The SMILES string of the molecule is CC[C@H](C(=O)NC(C)(C)C)N(Cc1ccccc1C)C(=O)Cc1ccccc1[N+](=O)[O-]. The number of carbonyl (C=O) groups excluding carboxylic acids is 2. The lowest BCUT2D eigenvalue weighted by Gasteiger charge is -2.33. The molecule has 2 amide bonds. The summed E-state index contributed by atoms with van der Waals surface area (Å²) in [5.74, 6) is -0.562. The van der Waals surface area contributed by atoms with Gasteiger partial charge in [0, 0.05) is 23.7 Å². The Morgan fingerprint density at radius 1 is 1.06 bits per heavy atom. The van der Waals surface area contributed by atoms with Gasteiger partial charge in [0.25, 0.3) is 5.69 Å². The average molecular weight is 426 g/mol. The van der Waals surface area contributed by atoms with Crippen molar-refractivity contribution < 1.29 is 14.5 Å². The number of nitrogens with zero attached hydrogens (tertiary/aromatic N) is 2. The molecule has 0 unspecified atom stereocenters. The Labute approximate surface area is 183 Å². The monoisotopic (exact) mass is 425 g/mol. The second kappa shape index (κ2) is 10.2. The molecule has 0 aliphatic heterocycles. The first-order valence-corrected chi connectivity index (χ1v) is 10.4. The molecule has 0 aliphatic rings. The molecule has 0 heterocycles. The van der Waals surface area contributed by atoms with Crippen LogP contribution in [0.5, 0.6) is 0 Å². The van der Waals surface area contributed by atoms with Gasteiger partial charge in [0.2, 0.25) is 11.8 Å². The van der Waals surface area contributed by atoms with Crippen LogP contribution in [0, 0.1) is 17.0 Å². The van der Waals surface area contributed by atoms with Crippen LogP contribution in [0.1, 0.15) is 50.8 Å². The van der Waals surface area contributed by atoms with E-state index in [-0.39, 0.29) is 30.5 Å². The first-order chi connectivity index (χ1) is 14.5. The van der Waals surface area contributed by atoms with Gasteiger partial charge in [-0.25, -0.2) is 0 Å². The van der Waals surface area contributed by atoms with E-state index in [1.54, 1.807) is 23.1 Å². The summed E-state index contributed by atoms with van der Waals surface area (Å²) in [6.07, 6.45) is 0.277. The van der Waals surface area contributed by atoms with Crippen LogP contribution < -0.4 is 5.32 Å². The van der Waals surface area contributed by atoms with E-state index in [1.807, 2.05) is 58.9 Å². The van der Waals surface area contributed by atoms with Gasteiger partial charge in [0.1, 0.15) is 6.04 Å². The van der Waals surface area contributed by atoms with E-state index in [2.05, 4.69) is 5.32 Å². The minimum Gasteiger partial charge on any atom is -0.350 e. The fraction of sp³-hybridized carbons (Fsp3) is 0.417. The largest absolute Gasteiger partial charge is 0.350 e. The topological polar surface area (TPSA) is 92.6 Å². The molecule has 2 rings (SSSR count). The number of aryl methyl sites for hydroxylation is 1. The van der Waals surface area contributed by atoms with Crippen LogP contribution in [0.25, 0.3) is 0 Å². The Morgan fingerprint density at radius 3 is 2.19 bits per heavy atom. The molecule has 0 saturated heterocycles. The predicted octanol–water partition coefficient (Wildman–Crippen LogP) is 4.17. The normalized spacial score (nSPS) is 12.2. The Kier molecular flexibility index (Phi) is 7.91. The molecule has 7 nitrogen and oxygen atoms in total. The lowest BCUT2D eigenvalue weighted by atomic mass is 10.0. The first kappa shape index (κ1) is 24.1. The van der Waals surface area contributed by atoms with Crippen LogP contribution >= 0.6 is 0 Å². The quantitative estimate of drug-likeness (QED) is 0.507. The zero-order valence-corrected chi connectivity index (χ0v) is 18.8. The fourth-order valence-electron chi connectivity index (χ4n) is 3.45. The van der Waals surface area contributed by atoms with E-state index < -0.39 is 16.5 Å². The third kappa shape index (κ3) is 6.64. The third-order valence-electron chi connectivity index (χ3n) is 5.02. The molecule has 166 valence electrons. The minimum absolute atomic E-state index is 0.0983. The van der Waals surface area contributed by atoms with E-state index in [1.165, 1.54) is 6.07 Å². The number of benzene rings is 2. The van der Waals surface area contributed by atoms with E-state index in [4.69, 9.17) is 0 Å². The number of hydrogen-bond acceptors (Lipinski definition) is 4. The fourth-order valence-corrected chi connectivity index (χ4v) is 3.45. The van der Waals surface area contributed by atoms with Crippen LogP contribution in [-0.4, -0.2) is 33.2 Å². The summed E-state index contributed by atoms with van der Waals surface area (Å²) in [4.78, 5) is 38.9. The molecule has 0 bridgehead atoms. The van der Waals surface area contributed by atoms with Crippen molar-refractivity contribution in [3.8, 4) is 0 Å². The molecular weight excluding hydrogens is 394 g/mol. The van der Waals surface area contributed by atoms with Gasteiger partial charge in [-0.1, -0.05) is 49.4 Å². The van der Waals surface area contributed by atoms with E-state index >= 15 is 0 Å². The number of nitro groups is 1. The summed E-state index contributed by atoms with van der Waals surface area (Å²) >= 11 is 0. The summed E-state index contributed by atoms with van der Waals surface area (Å²) < 4.78 is 0. The lowest BCUT2D eigenvalue weighted by Crippen LogP contribution is -2.53. The summed E-state index contributed by atoms with van der Waals surface area (Å²) in [5, 5.41) is 14.3. The van der Waals surface area contributed by atoms with Gasteiger partial charge >= 0.3 is 0 Å². The van der Waals surface area contributed by atoms with Crippen LogP contribution in [0.3, 0.4) is 0 Å². The zero-order valence-electron chi connectivity index (χ0n) is 18.8. The minimum atomic E-state index is -0.686. The van der Waals surface area contributed by atoms with Crippen LogP contribution in [-0.2, 0) is 22.6 Å². The number of carbonyl (C=O) groups is 2. The highest BCUT2D eigenvalue weighted by Crippen LogP contribution is 2.22. The smallest absolute Gasteiger partial charge is 0.273 e. The number of nitro benzene ring substituents is 1. The maximum atomic E-state index is 13.4. The Morgan fingerprint density at radius 2 is 1.65 bits per heavy atom. The third-order valence-corrected chi connectivity index (χ3v) is 5.02. The van der Waals surface area contributed by atoms with Gasteiger partial charge in [0.15, 0.2) is 0 Å². The molecule has 2 aromatic carbocycles. The van der Waals surface area contributed by atoms with E-state index in [0.717, 1.165) is 11.1 Å². The summed E-state index contributed by atoms with van der Waals surface area (Å²) in [5.41, 5.74) is 1.73. The molecule has 1 N–H and O–H groups in total. The van der Waals surface area contributed by atoms with Crippen LogP contribution in [0.15, 0.2) is 48.5 Å². The molecule has 1 atom stereocenters. The average Bonchev–Trinajstić information content (AvgIpc) is 2.68. The number of nitrogens with one attached hydrogen (secondary N) is 1. The van der Waals surface area contributed by atoms with Gasteiger partial charge < -0.3 is 10.2 Å². The summed E-state index contributed by atoms with van der Waals surface area (Å²) in [6.45, 7) is 9.73. The van der Waals surface area contributed by atoms with Gasteiger partial charge in [0.05, 0.1) is 11.3 Å². The van der Waals surface area contributed by atoms with Crippen molar-refractivity contribution in [3.05, 3.63) is 75.3 Å². The number of amides is 2. The highest BCUT2D eigenvalue weighted by atomic mass is 16.6. The molecule has 0 spiro atoms. The highest BCUT2D eigenvalue weighted by molar-refractivity contribution is 5.89. The summed E-state index contributed by atoms with van der Waals surface area (Å²) in [6, 6.07) is 13.2. The van der Waals surface area contributed by atoms with Gasteiger partial charge in [-0.05, 0) is 45.2 Å². The van der Waals surface area contributed by atoms with E-state index in [0.29, 0.717) is 12.0 Å². The molecule has 31 heavy (non-hydrogen) atoms. The van der Waals surface area contributed by atoms with Crippen molar-refractivity contribution in [2.75, 3.05) is 0 Å². The Hall–Kier alpha value is -3.22. The predicted molar refractivity (Wildman–Crippen MR) is 121 cm³/mol. The lowest BCUT2D eigenvalue weighted by molar-refractivity contribution is -0.385. The maximum absolute atomic E-state index is 13.4. The van der Waals surface area contributed by atoms with Gasteiger partial charge in [-0.3, -0.25) is 19.7 Å². The molecule has 0 saturated carbocycles. The molecular formula is C24H31N3O4. The zero-order chi connectivity index (χ0) is 23.2. The molecule has 0 radical (unpaired) electrons. The molecule has 0 fully saturated rings. The highest BCUT2D eigenvalue weighted by Gasteiger charge is 2.31. The molecule has 2 aromatic rings. The van der Waals surface area contributed by atoms with Gasteiger partial charge in [-0.2, -0.15) is 0 Å². The Balaban J connectivity index is 2.41. The number of rotatable bonds is 8. The molecule has 7 heteroatoms. The van der Waals surface area contributed by atoms with E-state index in [9.17, 15) is 19.7 Å². The standard InChI is InChI=1S/C24H31N3O4/c1-6-20(23(29)25-24(3,4)5)26(16-19-13-8-7-11-17(19)2)22(28)15-18-12-9-10-14-21(18)27(30)31/h7-14,20H,6,15-16H2,1-5H3,(H,25,29)/t20-/m1/s1. The van der Waals surface area contributed by atoms with Crippen molar-refractivity contribution in [2.45, 2.75) is 65.6 Å². The number of hydrogen-bond donors (Lipinski definition) is 1. The van der Waals surface area contributed by atoms with Crippen molar-refractivity contribution in [2.24, 2.45) is 0 Å². The van der Waals surface area contributed by atoms with Crippen molar-refractivity contribution in [1.29, 1.82) is 0 Å². The summed E-state index contributed by atoms with van der Waals surface area (Å²) in [7, 11) is 0.